The molecule has 7 nitrogen and oxygen atoms in total. The van der Waals surface area contributed by atoms with Gasteiger partial charge in [-0.25, -0.2) is 4.98 Å². The maximum Gasteiger partial charge on any atom is 0.260 e. The summed E-state index contributed by atoms with van der Waals surface area (Å²) in [6, 6.07) is 14.6. The Morgan fingerprint density at radius 1 is 1.10 bits per heavy atom. The van der Waals surface area contributed by atoms with Gasteiger partial charge in [0.05, 0.1) is 31.7 Å². The van der Waals surface area contributed by atoms with E-state index in [4.69, 9.17) is 9.47 Å². The third-order valence-electron chi connectivity index (χ3n) is 4.60. The number of benzene rings is 2. The van der Waals surface area contributed by atoms with Gasteiger partial charge >= 0.3 is 0 Å². The van der Waals surface area contributed by atoms with Crippen LogP contribution < -0.4 is 20.3 Å². The Labute approximate surface area is 176 Å². The van der Waals surface area contributed by atoms with Crippen LogP contribution in [0.15, 0.2) is 58.7 Å². The predicted molar refractivity (Wildman–Crippen MR) is 118 cm³/mol. The molecule has 0 fully saturated rings. The van der Waals surface area contributed by atoms with E-state index in [1.165, 1.54) is 18.4 Å². The first-order valence-electron chi connectivity index (χ1n) is 9.16. The molecule has 0 bridgehead atoms. The molecule has 4 rings (SSSR count). The number of hydrogen-bond acceptors (Lipinski definition) is 6. The fourth-order valence-electron chi connectivity index (χ4n) is 3.15. The molecule has 0 aliphatic rings. The molecule has 2 heterocycles. The summed E-state index contributed by atoms with van der Waals surface area (Å²) in [4.78, 5) is 33.0. The zero-order valence-electron chi connectivity index (χ0n) is 16.4. The number of H-pyrrole nitrogens is 1. The quantitative estimate of drug-likeness (QED) is 0.493. The number of para-hydroxylation sites is 2. The maximum absolute atomic E-state index is 12.8. The first-order valence-corrected chi connectivity index (χ1v) is 10.0. The first kappa shape index (κ1) is 19.7. The maximum atomic E-state index is 12.8. The summed E-state index contributed by atoms with van der Waals surface area (Å²) in [5.74, 6) is 1.32. The van der Waals surface area contributed by atoms with Gasteiger partial charge < -0.3 is 19.8 Å². The SMILES string of the molecule is COc1ccc(-c2csc3nc(CC(=O)Nc4ccccc4OC)[nH]c(=O)c23)cc1. The van der Waals surface area contributed by atoms with E-state index >= 15 is 0 Å². The van der Waals surface area contributed by atoms with Crippen LogP contribution in [0.2, 0.25) is 0 Å². The Kier molecular flexibility index (Phi) is 5.49. The number of nitrogens with one attached hydrogen (secondary N) is 2. The van der Waals surface area contributed by atoms with E-state index in [1.807, 2.05) is 35.7 Å². The lowest BCUT2D eigenvalue weighted by Gasteiger charge is -2.09. The van der Waals surface area contributed by atoms with Crippen LogP contribution in [-0.4, -0.2) is 30.1 Å². The lowest BCUT2D eigenvalue weighted by molar-refractivity contribution is -0.115. The van der Waals surface area contributed by atoms with Crippen molar-refractivity contribution in [3.63, 3.8) is 0 Å². The summed E-state index contributed by atoms with van der Waals surface area (Å²) in [5.41, 5.74) is 1.99. The highest BCUT2D eigenvalue weighted by molar-refractivity contribution is 7.17. The first-order chi connectivity index (χ1) is 14.6. The highest BCUT2D eigenvalue weighted by atomic mass is 32.1. The van der Waals surface area contributed by atoms with E-state index in [1.54, 1.807) is 25.3 Å². The van der Waals surface area contributed by atoms with E-state index < -0.39 is 0 Å². The van der Waals surface area contributed by atoms with Crippen molar-refractivity contribution in [2.45, 2.75) is 6.42 Å². The summed E-state index contributed by atoms with van der Waals surface area (Å²) in [7, 11) is 3.14. The Balaban J connectivity index is 1.59. The molecule has 2 N–H and O–H groups in total. The number of rotatable bonds is 6. The molecule has 152 valence electrons. The van der Waals surface area contributed by atoms with E-state index in [0.29, 0.717) is 27.5 Å². The van der Waals surface area contributed by atoms with Crippen LogP contribution in [0.25, 0.3) is 21.3 Å². The van der Waals surface area contributed by atoms with Crippen LogP contribution in [0.3, 0.4) is 0 Å². The van der Waals surface area contributed by atoms with E-state index in [2.05, 4.69) is 15.3 Å². The van der Waals surface area contributed by atoms with Crippen molar-refractivity contribution in [3.05, 3.63) is 70.1 Å². The number of aromatic amines is 1. The van der Waals surface area contributed by atoms with E-state index in [9.17, 15) is 9.59 Å². The molecule has 0 atom stereocenters. The number of hydrogen-bond donors (Lipinski definition) is 2. The average Bonchev–Trinajstić information content (AvgIpc) is 3.18. The largest absolute Gasteiger partial charge is 0.497 e. The predicted octanol–water partition coefficient (Wildman–Crippen LogP) is 3.85. The molecule has 2 aromatic heterocycles. The number of ether oxygens (including phenoxy) is 2. The van der Waals surface area contributed by atoms with Crippen LogP contribution in [0.4, 0.5) is 5.69 Å². The summed E-state index contributed by atoms with van der Waals surface area (Å²) in [6.45, 7) is 0. The van der Waals surface area contributed by atoms with Crippen LogP contribution in [0.5, 0.6) is 11.5 Å². The minimum absolute atomic E-state index is 0.0565. The normalized spacial score (nSPS) is 10.7. The molecule has 2 aromatic carbocycles. The van der Waals surface area contributed by atoms with Crippen molar-refractivity contribution in [1.29, 1.82) is 0 Å². The summed E-state index contributed by atoms with van der Waals surface area (Å²) in [5, 5.41) is 5.19. The van der Waals surface area contributed by atoms with Crippen LogP contribution >= 0.6 is 11.3 Å². The van der Waals surface area contributed by atoms with Gasteiger partial charge in [-0.2, -0.15) is 0 Å². The standard InChI is InChI=1S/C22H19N3O4S/c1-28-14-9-7-13(8-10-14)15-12-30-22-20(15)21(27)24-18(25-22)11-19(26)23-16-5-3-4-6-17(16)29-2/h3-10,12H,11H2,1-2H3,(H,23,26)(H,24,25,27). The molecule has 0 aliphatic heterocycles. The second-order valence-corrected chi connectivity index (χ2v) is 7.35. The smallest absolute Gasteiger partial charge is 0.260 e. The molecule has 0 unspecified atom stereocenters. The Bertz CT molecular complexity index is 1260. The Morgan fingerprint density at radius 3 is 2.60 bits per heavy atom. The van der Waals surface area contributed by atoms with Gasteiger partial charge in [-0.15, -0.1) is 11.3 Å². The third kappa shape index (κ3) is 3.90. The second kappa shape index (κ2) is 8.38. The Hall–Kier alpha value is -3.65. The number of amides is 1. The molecule has 0 spiro atoms. The van der Waals surface area contributed by atoms with E-state index in [-0.39, 0.29) is 17.9 Å². The number of anilines is 1. The zero-order chi connectivity index (χ0) is 21.1. The molecular weight excluding hydrogens is 402 g/mol. The summed E-state index contributed by atoms with van der Waals surface area (Å²) < 4.78 is 10.4. The van der Waals surface area contributed by atoms with Gasteiger partial charge in [0.15, 0.2) is 0 Å². The van der Waals surface area contributed by atoms with Crippen LogP contribution in [0, 0.1) is 0 Å². The lowest BCUT2D eigenvalue weighted by Crippen LogP contribution is -2.19. The Morgan fingerprint density at radius 2 is 1.87 bits per heavy atom. The van der Waals surface area contributed by atoms with Crippen LogP contribution in [-0.2, 0) is 11.2 Å². The summed E-state index contributed by atoms with van der Waals surface area (Å²) in [6.07, 6.45) is -0.0565. The van der Waals surface area contributed by atoms with Crippen molar-refractivity contribution in [3.8, 4) is 22.6 Å². The monoisotopic (exact) mass is 421 g/mol. The number of thiophene rings is 1. The lowest BCUT2D eigenvalue weighted by atomic mass is 10.1. The number of carbonyl (C=O) groups excluding carboxylic acids is 1. The second-order valence-electron chi connectivity index (χ2n) is 6.50. The van der Waals surface area contributed by atoms with Gasteiger partial charge in [0.25, 0.3) is 5.56 Å². The van der Waals surface area contributed by atoms with Gasteiger partial charge in [0.2, 0.25) is 5.91 Å². The highest BCUT2D eigenvalue weighted by Crippen LogP contribution is 2.31. The fourth-order valence-corrected chi connectivity index (χ4v) is 4.12. The number of nitrogens with zero attached hydrogens (tertiary/aromatic N) is 1. The van der Waals surface area contributed by atoms with Gasteiger partial charge in [0, 0.05) is 10.9 Å². The number of fused-ring (bicyclic) bond motifs is 1. The molecule has 0 saturated carbocycles. The third-order valence-corrected chi connectivity index (χ3v) is 5.48. The number of aromatic nitrogens is 2. The van der Waals surface area contributed by atoms with Crippen molar-refractivity contribution in [2.24, 2.45) is 0 Å². The fraction of sp³-hybridized carbons (Fsp3) is 0.136. The van der Waals surface area contributed by atoms with Crippen molar-refractivity contribution >= 4 is 33.1 Å². The van der Waals surface area contributed by atoms with Crippen LogP contribution in [0.1, 0.15) is 5.82 Å². The van der Waals surface area contributed by atoms with Crippen molar-refractivity contribution < 1.29 is 14.3 Å². The minimum atomic E-state index is -0.297. The molecule has 1 amide bonds. The highest BCUT2D eigenvalue weighted by Gasteiger charge is 2.15. The van der Waals surface area contributed by atoms with E-state index in [0.717, 1.165) is 16.9 Å². The molecule has 8 heteroatoms. The number of methoxy groups -OCH3 is 2. The molecule has 0 aliphatic carbocycles. The van der Waals surface area contributed by atoms with Gasteiger partial charge in [-0.05, 0) is 29.8 Å². The van der Waals surface area contributed by atoms with Crippen molar-refractivity contribution in [1.82, 2.24) is 9.97 Å². The molecule has 30 heavy (non-hydrogen) atoms. The average molecular weight is 421 g/mol. The molecule has 0 radical (unpaired) electrons. The zero-order valence-corrected chi connectivity index (χ0v) is 17.2. The van der Waals surface area contributed by atoms with Gasteiger partial charge in [0.1, 0.15) is 22.2 Å². The topological polar surface area (TPSA) is 93.3 Å². The molecule has 4 aromatic rings. The van der Waals surface area contributed by atoms with Crippen molar-refractivity contribution in [2.75, 3.05) is 19.5 Å². The van der Waals surface area contributed by atoms with Gasteiger partial charge in [-0.3, -0.25) is 9.59 Å². The molecular formula is C22H19N3O4S. The van der Waals surface area contributed by atoms with Gasteiger partial charge in [-0.1, -0.05) is 24.3 Å². The molecule has 0 saturated heterocycles. The summed E-state index contributed by atoms with van der Waals surface area (Å²) >= 11 is 1.37. The number of carbonyl (C=O) groups is 1. The minimum Gasteiger partial charge on any atom is -0.497 e.